The number of amides is 3. The molecule has 1 atom stereocenters. The van der Waals surface area contributed by atoms with Crippen molar-refractivity contribution < 1.29 is 14.4 Å². The summed E-state index contributed by atoms with van der Waals surface area (Å²) in [5.41, 5.74) is 5.93. The lowest BCUT2D eigenvalue weighted by molar-refractivity contribution is -0.136. The van der Waals surface area contributed by atoms with Crippen molar-refractivity contribution in [2.45, 2.75) is 57.8 Å². The van der Waals surface area contributed by atoms with Gasteiger partial charge in [-0.1, -0.05) is 0 Å². The quantitative estimate of drug-likeness (QED) is 0.813. The number of carbonyl (C=O) groups excluding carboxylic acids is 3. The zero-order valence-electron chi connectivity index (χ0n) is 15.0. The van der Waals surface area contributed by atoms with E-state index < -0.39 is 5.91 Å². The van der Waals surface area contributed by atoms with Gasteiger partial charge in [0.05, 0.1) is 0 Å². The molecule has 6 heteroatoms. The van der Waals surface area contributed by atoms with Gasteiger partial charge < -0.3 is 15.5 Å². The Hall–Kier alpha value is -1.59. The molecule has 2 saturated heterocycles. The first kappa shape index (κ1) is 16.9. The minimum absolute atomic E-state index is 0.0306. The number of nitrogens with zero attached hydrogens (tertiary/aromatic N) is 2. The Morgan fingerprint density at radius 1 is 0.880 bits per heavy atom. The average molecular weight is 347 g/mol. The van der Waals surface area contributed by atoms with Gasteiger partial charge in [0.1, 0.15) is 0 Å². The molecule has 2 N–H and O–H groups in total. The molecule has 2 aliphatic heterocycles. The molecule has 4 rings (SSSR count). The molecule has 138 valence electrons. The molecule has 2 aliphatic carbocycles. The second-order valence-electron chi connectivity index (χ2n) is 8.88. The maximum Gasteiger partial charge on any atom is 0.223 e. The number of hydrogen-bond acceptors (Lipinski definition) is 3. The maximum atomic E-state index is 12.6. The second-order valence-corrected chi connectivity index (χ2v) is 8.88. The molecule has 6 nitrogen and oxygen atoms in total. The van der Waals surface area contributed by atoms with Crippen LogP contribution in [-0.4, -0.2) is 53.7 Å². The predicted octanol–water partition coefficient (Wildman–Crippen LogP) is 1.28. The highest BCUT2D eigenvalue weighted by Gasteiger charge is 2.62. The van der Waals surface area contributed by atoms with Gasteiger partial charge in [0, 0.05) is 45.4 Å². The average Bonchev–Trinajstić information content (AvgIpc) is 3.47. The molecular weight excluding hydrogens is 318 g/mol. The Kier molecular flexibility index (Phi) is 4.04. The SMILES string of the molecule is NC(=O)CCC(=O)N1CCC2(CC1)CCN(C(=O)CC1CC13CC3)C2. The van der Waals surface area contributed by atoms with Gasteiger partial charge in [-0.15, -0.1) is 0 Å². The fraction of sp³-hybridized carbons (Fsp3) is 0.842. The molecule has 3 amide bonds. The lowest BCUT2D eigenvalue weighted by Crippen LogP contribution is -2.44. The molecule has 2 saturated carbocycles. The van der Waals surface area contributed by atoms with Crippen LogP contribution < -0.4 is 5.73 Å². The predicted molar refractivity (Wildman–Crippen MR) is 92.3 cm³/mol. The minimum Gasteiger partial charge on any atom is -0.370 e. The fourth-order valence-corrected chi connectivity index (χ4v) is 5.01. The number of primary amides is 1. The Balaban J connectivity index is 1.23. The smallest absolute Gasteiger partial charge is 0.223 e. The first-order chi connectivity index (χ1) is 11.9. The van der Waals surface area contributed by atoms with E-state index in [9.17, 15) is 14.4 Å². The molecule has 0 aromatic carbocycles. The summed E-state index contributed by atoms with van der Waals surface area (Å²) in [4.78, 5) is 39.5. The monoisotopic (exact) mass is 347 g/mol. The van der Waals surface area contributed by atoms with E-state index in [4.69, 9.17) is 5.73 Å². The van der Waals surface area contributed by atoms with Gasteiger partial charge in [0.15, 0.2) is 0 Å². The summed E-state index contributed by atoms with van der Waals surface area (Å²) in [7, 11) is 0. The van der Waals surface area contributed by atoms with Gasteiger partial charge in [-0.05, 0) is 55.3 Å². The Bertz CT molecular complexity index is 591. The van der Waals surface area contributed by atoms with Crippen LogP contribution in [0.15, 0.2) is 0 Å². The summed E-state index contributed by atoms with van der Waals surface area (Å²) in [6.07, 6.45) is 8.06. The molecule has 4 aliphatic rings. The standard InChI is InChI=1S/C19H29N3O3/c20-15(23)1-2-16(24)21-8-5-18(6-9-21)7-10-22(13-18)17(25)11-14-12-19(14)3-4-19/h14H,1-13H2,(H2,20,23). The topological polar surface area (TPSA) is 83.7 Å². The third-order valence-corrected chi connectivity index (χ3v) is 7.23. The number of hydrogen-bond donors (Lipinski definition) is 1. The van der Waals surface area contributed by atoms with Crippen LogP contribution in [0, 0.1) is 16.7 Å². The molecule has 0 aromatic heterocycles. The zero-order chi connectivity index (χ0) is 17.7. The second kappa shape index (κ2) is 5.99. The first-order valence-electron chi connectivity index (χ1n) is 9.75. The number of carbonyl (C=O) groups is 3. The Morgan fingerprint density at radius 3 is 2.08 bits per heavy atom. The molecule has 4 fully saturated rings. The van der Waals surface area contributed by atoms with E-state index in [1.165, 1.54) is 19.3 Å². The molecule has 2 spiro atoms. The fourth-order valence-electron chi connectivity index (χ4n) is 5.01. The van der Waals surface area contributed by atoms with Crippen LogP contribution in [0.5, 0.6) is 0 Å². The van der Waals surface area contributed by atoms with E-state index in [2.05, 4.69) is 4.90 Å². The van der Waals surface area contributed by atoms with Gasteiger partial charge in [-0.2, -0.15) is 0 Å². The zero-order valence-corrected chi connectivity index (χ0v) is 15.0. The van der Waals surface area contributed by atoms with Crippen molar-refractivity contribution in [1.29, 1.82) is 0 Å². The van der Waals surface area contributed by atoms with Crippen LogP contribution in [0.1, 0.15) is 57.8 Å². The molecule has 25 heavy (non-hydrogen) atoms. The van der Waals surface area contributed by atoms with Crippen molar-refractivity contribution in [3.8, 4) is 0 Å². The van der Waals surface area contributed by atoms with Crippen molar-refractivity contribution in [2.75, 3.05) is 26.2 Å². The van der Waals surface area contributed by atoms with E-state index in [-0.39, 0.29) is 24.2 Å². The van der Waals surface area contributed by atoms with Gasteiger partial charge in [-0.25, -0.2) is 0 Å². The van der Waals surface area contributed by atoms with E-state index in [0.717, 1.165) is 51.9 Å². The maximum absolute atomic E-state index is 12.6. The van der Waals surface area contributed by atoms with Gasteiger partial charge >= 0.3 is 0 Å². The van der Waals surface area contributed by atoms with Gasteiger partial charge in [0.25, 0.3) is 0 Å². The highest BCUT2D eigenvalue weighted by Crippen LogP contribution is 2.71. The molecule has 0 radical (unpaired) electrons. The largest absolute Gasteiger partial charge is 0.370 e. The minimum atomic E-state index is -0.421. The van der Waals surface area contributed by atoms with Crippen LogP contribution in [-0.2, 0) is 14.4 Å². The molecular formula is C19H29N3O3. The van der Waals surface area contributed by atoms with Crippen molar-refractivity contribution >= 4 is 17.7 Å². The third-order valence-electron chi connectivity index (χ3n) is 7.23. The van der Waals surface area contributed by atoms with Crippen molar-refractivity contribution in [3.63, 3.8) is 0 Å². The van der Waals surface area contributed by atoms with E-state index >= 15 is 0 Å². The lowest BCUT2D eigenvalue weighted by atomic mass is 9.77. The Morgan fingerprint density at radius 2 is 1.52 bits per heavy atom. The van der Waals surface area contributed by atoms with Crippen molar-refractivity contribution in [3.05, 3.63) is 0 Å². The number of nitrogens with two attached hydrogens (primary N) is 1. The number of likely N-dealkylation sites (tertiary alicyclic amines) is 2. The number of piperidine rings is 1. The highest BCUT2D eigenvalue weighted by molar-refractivity contribution is 5.83. The van der Waals surface area contributed by atoms with E-state index in [1.807, 2.05) is 4.90 Å². The van der Waals surface area contributed by atoms with E-state index in [1.54, 1.807) is 0 Å². The third kappa shape index (κ3) is 3.40. The number of rotatable bonds is 5. The summed E-state index contributed by atoms with van der Waals surface area (Å²) in [5.74, 6) is 0.630. The summed E-state index contributed by atoms with van der Waals surface area (Å²) in [5, 5.41) is 0. The molecule has 0 bridgehead atoms. The van der Waals surface area contributed by atoms with E-state index in [0.29, 0.717) is 17.2 Å². The van der Waals surface area contributed by atoms with Crippen LogP contribution in [0.3, 0.4) is 0 Å². The highest BCUT2D eigenvalue weighted by atomic mass is 16.2. The lowest BCUT2D eigenvalue weighted by Gasteiger charge is -2.39. The Labute approximate surface area is 149 Å². The summed E-state index contributed by atoms with van der Waals surface area (Å²) in [6, 6.07) is 0. The summed E-state index contributed by atoms with van der Waals surface area (Å²) in [6.45, 7) is 3.24. The molecule has 0 aromatic rings. The van der Waals surface area contributed by atoms with Crippen LogP contribution in [0.4, 0.5) is 0 Å². The summed E-state index contributed by atoms with van der Waals surface area (Å²) < 4.78 is 0. The normalized spacial score (nSPS) is 28.4. The van der Waals surface area contributed by atoms with Gasteiger partial charge in [-0.3, -0.25) is 14.4 Å². The van der Waals surface area contributed by atoms with Crippen LogP contribution >= 0.6 is 0 Å². The first-order valence-corrected chi connectivity index (χ1v) is 9.75. The summed E-state index contributed by atoms with van der Waals surface area (Å²) >= 11 is 0. The van der Waals surface area contributed by atoms with Crippen LogP contribution in [0.2, 0.25) is 0 Å². The van der Waals surface area contributed by atoms with Crippen molar-refractivity contribution in [1.82, 2.24) is 9.80 Å². The van der Waals surface area contributed by atoms with Gasteiger partial charge in [0.2, 0.25) is 17.7 Å². The molecule has 1 unspecified atom stereocenters. The van der Waals surface area contributed by atoms with Crippen LogP contribution in [0.25, 0.3) is 0 Å². The van der Waals surface area contributed by atoms with Crippen molar-refractivity contribution in [2.24, 2.45) is 22.5 Å². The molecule has 2 heterocycles.